The summed E-state index contributed by atoms with van der Waals surface area (Å²) in [4.78, 5) is 13.3. The van der Waals surface area contributed by atoms with Gasteiger partial charge in [-0.3, -0.25) is 4.79 Å². The molecular formula is C11H22N2O2. The number of nitrogens with one attached hydrogen (secondary N) is 1. The van der Waals surface area contributed by atoms with E-state index in [1.54, 1.807) is 4.90 Å². The summed E-state index contributed by atoms with van der Waals surface area (Å²) in [5.74, 6) is 0.716. The van der Waals surface area contributed by atoms with Gasteiger partial charge in [0.25, 0.3) is 0 Å². The summed E-state index contributed by atoms with van der Waals surface area (Å²) in [5, 5.41) is 3.27. The molecule has 1 aliphatic rings. The molecule has 0 bridgehead atoms. The molecule has 2 atom stereocenters. The smallest absolute Gasteiger partial charge is 0.236 e. The second-order valence-corrected chi connectivity index (χ2v) is 4.20. The summed E-state index contributed by atoms with van der Waals surface area (Å²) in [6.45, 7) is 6.99. The second-order valence-electron chi connectivity index (χ2n) is 4.20. The maximum Gasteiger partial charge on any atom is 0.236 e. The molecule has 0 spiro atoms. The second kappa shape index (κ2) is 6.08. The first-order valence-corrected chi connectivity index (χ1v) is 5.70. The van der Waals surface area contributed by atoms with E-state index in [9.17, 15) is 4.79 Å². The van der Waals surface area contributed by atoms with Crippen LogP contribution in [0.3, 0.4) is 0 Å². The molecule has 1 rings (SSSR count). The Hall–Kier alpha value is -0.610. The van der Waals surface area contributed by atoms with Crippen molar-refractivity contribution in [3.8, 4) is 0 Å². The Labute approximate surface area is 92.0 Å². The van der Waals surface area contributed by atoms with Crippen molar-refractivity contribution in [2.24, 2.45) is 5.92 Å². The third-order valence-electron chi connectivity index (χ3n) is 3.15. The van der Waals surface area contributed by atoms with Crippen LogP contribution in [0.5, 0.6) is 0 Å². The lowest BCUT2D eigenvalue weighted by molar-refractivity contribution is -0.128. The SMILES string of the molecule is CCN(C)C(=O)CNC(C)C1CCOC1. The topological polar surface area (TPSA) is 41.6 Å². The van der Waals surface area contributed by atoms with Gasteiger partial charge in [0.2, 0.25) is 5.91 Å². The molecule has 0 aromatic carbocycles. The van der Waals surface area contributed by atoms with Crippen LogP contribution < -0.4 is 5.32 Å². The molecule has 0 aliphatic carbocycles. The molecular weight excluding hydrogens is 192 g/mol. The highest BCUT2D eigenvalue weighted by atomic mass is 16.5. The summed E-state index contributed by atoms with van der Waals surface area (Å²) in [7, 11) is 1.83. The third-order valence-corrected chi connectivity index (χ3v) is 3.15. The highest BCUT2D eigenvalue weighted by molar-refractivity contribution is 5.77. The number of carbonyl (C=O) groups is 1. The number of ether oxygens (including phenoxy) is 1. The molecule has 1 fully saturated rings. The number of hydrogen-bond donors (Lipinski definition) is 1. The maximum atomic E-state index is 11.5. The Morgan fingerprint density at radius 1 is 1.67 bits per heavy atom. The van der Waals surface area contributed by atoms with Crippen LogP contribution in [0.25, 0.3) is 0 Å². The number of nitrogens with zero attached hydrogens (tertiary/aromatic N) is 1. The molecule has 0 aromatic heterocycles. The fraction of sp³-hybridized carbons (Fsp3) is 0.909. The van der Waals surface area contributed by atoms with Gasteiger partial charge >= 0.3 is 0 Å². The van der Waals surface area contributed by atoms with Gasteiger partial charge in [-0.05, 0) is 26.2 Å². The minimum atomic E-state index is 0.156. The van der Waals surface area contributed by atoms with Gasteiger partial charge < -0.3 is 15.0 Å². The van der Waals surface area contributed by atoms with E-state index in [0.29, 0.717) is 18.5 Å². The van der Waals surface area contributed by atoms with Gasteiger partial charge in [-0.1, -0.05) is 0 Å². The molecule has 2 unspecified atom stereocenters. The van der Waals surface area contributed by atoms with E-state index in [2.05, 4.69) is 12.2 Å². The quantitative estimate of drug-likeness (QED) is 0.724. The number of carbonyl (C=O) groups excluding carboxylic acids is 1. The van der Waals surface area contributed by atoms with Crippen LogP contribution in [-0.2, 0) is 9.53 Å². The number of likely N-dealkylation sites (N-methyl/N-ethyl adjacent to an activating group) is 1. The van der Waals surface area contributed by atoms with Crippen molar-refractivity contribution in [2.75, 3.05) is 33.4 Å². The number of hydrogen-bond acceptors (Lipinski definition) is 3. The van der Waals surface area contributed by atoms with Gasteiger partial charge in [0.15, 0.2) is 0 Å². The zero-order valence-electron chi connectivity index (χ0n) is 9.95. The van der Waals surface area contributed by atoms with Gasteiger partial charge in [0.1, 0.15) is 0 Å². The summed E-state index contributed by atoms with van der Waals surface area (Å²) in [5.41, 5.74) is 0. The monoisotopic (exact) mass is 214 g/mol. The molecule has 4 nitrogen and oxygen atoms in total. The molecule has 1 heterocycles. The normalized spacial score (nSPS) is 22.7. The summed E-state index contributed by atoms with van der Waals surface area (Å²) >= 11 is 0. The maximum absolute atomic E-state index is 11.5. The molecule has 4 heteroatoms. The van der Waals surface area contributed by atoms with Crippen LogP contribution in [0.4, 0.5) is 0 Å². The highest BCUT2D eigenvalue weighted by Gasteiger charge is 2.22. The van der Waals surface area contributed by atoms with Crippen LogP contribution >= 0.6 is 0 Å². The predicted molar refractivity (Wildman–Crippen MR) is 59.7 cm³/mol. The van der Waals surface area contributed by atoms with Gasteiger partial charge in [-0.2, -0.15) is 0 Å². The van der Waals surface area contributed by atoms with E-state index in [1.165, 1.54) is 0 Å². The minimum absolute atomic E-state index is 0.156. The Kier molecular flexibility index (Phi) is 5.05. The Balaban J connectivity index is 2.20. The fourth-order valence-corrected chi connectivity index (χ4v) is 1.67. The third kappa shape index (κ3) is 3.80. The van der Waals surface area contributed by atoms with Gasteiger partial charge in [-0.15, -0.1) is 0 Å². The van der Waals surface area contributed by atoms with E-state index in [-0.39, 0.29) is 5.91 Å². The van der Waals surface area contributed by atoms with E-state index in [4.69, 9.17) is 4.74 Å². The molecule has 88 valence electrons. The van der Waals surface area contributed by atoms with E-state index in [1.807, 2.05) is 14.0 Å². The zero-order chi connectivity index (χ0) is 11.3. The summed E-state index contributed by atoms with van der Waals surface area (Å²) in [6, 6.07) is 0.363. The van der Waals surface area contributed by atoms with Gasteiger partial charge in [0, 0.05) is 26.2 Å². The van der Waals surface area contributed by atoms with E-state index >= 15 is 0 Å². The molecule has 0 radical (unpaired) electrons. The Bertz CT molecular complexity index is 203. The van der Waals surface area contributed by atoms with Crippen molar-refractivity contribution in [3.05, 3.63) is 0 Å². The molecule has 15 heavy (non-hydrogen) atoms. The standard InChI is InChI=1S/C11H22N2O2/c1-4-13(3)11(14)7-12-9(2)10-5-6-15-8-10/h9-10,12H,4-8H2,1-3H3. The van der Waals surface area contributed by atoms with Crippen LogP contribution in [0.2, 0.25) is 0 Å². The van der Waals surface area contributed by atoms with Crippen LogP contribution in [0, 0.1) is 5.92 Å². The lowest BCUT2D eigenvalue weighted by Gasteiger charge is -2.21. The van der Waals surface area contributed by atoms with Crippen molar-refractivity contribution in [2.45, 2.75) is 26.3 Å². The molecule has 1 amide bonds. The molecule has 1 N–H and O–H groups in total. The molecule has 0 aromatic rings. The number of rotatable bonds is 5. The lowest BCUT2D eigenvalue weighted by atomic mass is 10.0. The average molecular weight is 214 g/mol. The summed E-state index contributed by atoms with van der Waals surface area (Å²) in [6.07, 6.45) is 1.10. The first kappa shape index (κ1) is 12.5. The zero-order valence-corrected chi connectivity index (χ0v) is 9.95. The van der Waals surface area contributed by atoms with Gasteiger partial charge in [-0.25, -0.2) is 0 Å². The van der Waals surface area contributed by atoms with E-state index < -0.39 is 0 Å². The van der Waals surface area contributed by atoms with E-state index in [0.717, 1.165) is 26.2 Å². The fourth-order valence-electron chi connectivity index (χ4n) is 1.67. The van der Waals surface area contributed by atoms with Crippen molar-refractivity contribution in [1.29, 1.82) is 0 Å². The van der Waals surface area contributed by atoms with Crippen LogP contribution in [-0.4, -0.2) is 50.2 Å². The predicted octanol–water partition coefficient (Wildman–Crippen LogP) is 0.479. The van der Waals surface area contributed by atoms with Crippen molar-refractivity contribution in [3.63, 3.8) is 0 Å². The van der Waals surface area contributed by atoms with Crippen LogP contribution in [0.15, 0.2) is 0 Å². The Morgan fingerprint density at radius 2 is 2.40 bits per heavy atom. The summed E-state index contributed by atoms with van der Waals surface area (Å²) < 4.78 is 5.32. The lowest BCUT2D eigenvalue weighted by Crippen LogP contribution is -2.41. The molecule has 1 saturated heterocycles. The highest BCUT2D eigenvalue weighted by Crippen LogP contribution is 2.15. The average Bonchev–Trinajstić information content (AvgIpc) is 2.77. The van der Waals surface area contributed by atoms with Crippen molar-refractivity contribution < 1.29 is 9.53 Å². The van der Waals surface area contributed by atoms with Crippen LogP contribution in [0.1, 0.15) is 20.3 Å². The van der Waals surface area contributed by atoms with Crippen molar-refractivity contribution >= 4 is 5.91 Å². The van der Waals surface area contributed by atoms with Gasteiger partial charge in [0.05, 0.1) is 13.2 Å². The first-order valence-electron chi connectivity index (χ1n) is 5.70. The molecule has 0 saturated carbocycles. The first-order chi connectivity index (χ1) is 7.15. The minimum Gasteiger partial charge on any atom is -0.381 e. The van der Waals surface area contributed by atoms with Crippen molar-refractivity contribution in [1.82, 2.24) is 10.2 Å². The molecule has 1 aliphatic heterocycles. The number of amides is 1. The Morgan fingerprint density at radius 3 is 2.93 bits per heavy atom. The largest absolute Gasteiger partial charge is 0.381 e.